The summed E-state index contributed by atoms with van der Waals surface area (Å²) in [5, 5.41) is 3.10. The molecule has 0 unspecified atom stereocenters. The zero-order valence-corrected chi connectivity index (χ0v) is 15.1. The van der Waals surface area contributed by atoms with Gasteiger partial charge >= 0.3 is 5.97 Å². The molecule has 0 aliphatic carbocycles. The van der Waals surface area contributed by atoms with Crippen LogP contribution in [0.5, 0.6) is 0 Å². The second kappa shape index (κ2) is 8.24. The van der Waals surface area contributed by atoms with Gasteiger partial charge in [0.15, 0.2) is 0 Å². The molecule has 0 saturated carbocycles. The molecular weight excluding hydrogens is 362 g/mol. The van der Waals surface area contributed by atoms with Crippen LogP contribution in [-0.2, 0) is 25.8 Å². The van der Waals surface area contributed by atoms with E-state index in [1.807, 2.05) is 91.0 Å². The van der Waals surface area contributed by atoms with E-state index in [0.29, 0.717) is 0 Å². The van der Waals surface area contributed by atoms with Crippen molar-refractivity contribution in [1.82, 2.24) is 0 Å². The summed E-state index contributed by atoms with van der Waals surface area (Å²) >= 11 is 0. The summed E-state index contributed by atoms with van der Waals surface area (Å²) in [7, 11) is -2.46. The van der Waals surface area contributed by atoms with E-state index >= 15 is 0 Å². The van der Waals surface area contributed by atoms with Crippen LogP contribution < -0.4 is 15.9 Å². The minimum absolute atomic E-state index is 0. The average Bonchev–Trinajstić information content (AvgIpc) is 2.62. The van der Waals surface area contributed by atoms with Crippen LogP contribution in [0.2, 0.25) is 0 Å². The molecule has 2 nitrogen and oxygen atoms in total. The van der Waals surface area contributed by atoms with E-state index < -0.39 is 7.49 Å². The first kappa shape index (κ1) is 18.4. The Hall–Kier alpha value is -1.95. The maximum atomic E-state index is 12.0. The van der Waals surface area contributed by atoms with Gasteiger partial charge in [0.1, 0.15) is 15.9 Å². The second-order valence-corrected chi connectivity index (χ2v) is 8.15. The van der Waals surface area contributed by atoms with E-state index in [4.69, 9.17) is 4.52 Å². The second-order valence-electron chi connectivity index (χ2n) is 5.20. The SMILES string of the molecule is CC(=O)O[P+](c1ccccc1)(c1ccccc1)c1ccccc1.[Ni]. The first-order valence-electron chi connectivity index (χ1n) is 7.49. The van der Waals surface area contributed by atoms with Crippen molar-refractivity contribution in [1.29, 1.82) is 0 Å². The Morgan fingerprint density at radius 1 is 0.667 bits per heavy atom. The van der Waals surface area contributed by atoms with Gasteiger partial charge in [0.2, 0.25) is 0 Å². The normalized spacial score (nSPS) is 10.5. The van der Waals surface area contributed by atoms with Crippen LogP contribution in [0.3, 0.4) is 0 Å². The summed E-state index contributed by atoms with van der Waals surface area (Å²) in [6.45, 7) is 1.48. The van der Waals surface area contributed by atoms with Crippen molar-refractivity contribution in [2.24, 2.45) is 0 Å². The fraction of sp³-hybridized carbons (Fsp3) is 0.0500. The van der Waals surface area contributed by atoms with Crippen molar-refractivity contribution in [3.8, 4) is 0 Å². The minimum atomic E-state index is -2.46. The van der Waals surface area contributed by atoms with Gasteiger partial charge in [-0.25, -0.2) is 4.79 Å². The minimum Gasteiger partial charge on any atom is -0.297 e. The molecule has 4 heteroatoms. The number of carbonyl (C=O) groups is 1. The van der Waals surface area contributed by atoms with E-state index in [1.165, 1.54) is 6.92 Å². The molecule has 0 atom stereocenters. The molecular formula is C20H18NiO2P+. The van der Waals surface area contributed by atoms with Crippen molar-refractivity contribution in [3.63, 3.8) is 0 Å². The molecule has 0 fully saturated rings. The number of hydrogen-bond donors (Lipinski definition) is 0. The predicted molar refractivity (Wildman–Crippen MR) is 96.9 cm³/mol. The Labute approximate surface area is 153 Å². The molecule has 0 aromatic heterocycles. The third-order valence-corrected chi connectivity index (χ3v) is 7.23. The molecule has 0 radical (unpaired) electrons. The van der Waals surface area contributed by atoms with Crippen LogP contribution in [0, 0.1) is 0 Å². The number of hydrogen-bond acceptors (Lipinski definition) is 2. The zero-order valence-electron chi connectivity index (χ0n) is 13.2. The fourth-order valence-corrected chi connectivity index (χ4v) is 6.08. The first-order chi connectivity index (χ1) is 11.2. The Kier molecular flexibility index (Phi) is 6.32. The molecule has 0 saturated heterocycles. The monoisotopic (exact) mass is 379 g/mol. The average molecular weight is 380 g/mol. The molecule has 0 spiro atoms. The number of benzene rings is 3. The van der Waals surface area contributed by atoms with Crippen LogP contribution in [-0.4, -0.2) is 5.97 Å². The molecule has 0 bridgehead atoms. The number of carbonyl (C=O) groups excluding carboxylic acids is 1. The molecule has 24 heavy (non-hydrogen) atoms. The van der Waals surface area contributed by atoms with Crippen LogP contribution in [0.4, 0.5) is 0 Å². The molecule has 0 aliphatic heterocycles. The van der Waals surface area contributed by atoms with Gasteiger partial charge in [-0.15, -0.1) is 0 Å². The third kappa shape index (κ3) is 3.59. The molecule has 0 aliphatic rings. The maximum Gasteiger partial charge on any atom is 0.348 e. The standard InChI is InChI=1S/C20H18O2P.Ni/c1-17(21)22-23(18-11-5-2-6-12-18,19-13-7-3-8-14-19)20-15-9-4-10-16-20;/h2-16H,1H3;/q+1;. The largest absolute Gasteiger partial charge is 0.348 e. The van der Waals surface area contributed by atoms with Gasteiger partial charge in [-0.3, -0.25) is 4.52 Å². The summed E-state index contributed by atoms with van der Waals surface area (Å²) < 4.78 is 6.07. The van der Waals surface area contributed by atoms with E-state index in [0.717, 1.165) is 15.9 Å². The number of rotatable bonds is 4. The van der Waals surface area contributed by atoms with Gasteiger partial charge < -0.3 is 0 Å². The molecule has 3 aromatic rings. The zero-order chi connectivity index (χ0) is 16.1. The Morgan fingerprint density at radius 3 is 1.21 bits per heavy atom. The van der Waals surface area contributed by atoms with Gasteiger partial charge in [-0.2, -0.15) is 0 Å². The summed E-state index contributed by atoms with van der Waals surface area (Å²) in [5.41, 5.74) is 0. The third-order valence-electron chi connectivity index (χ3n) is 3.62. The van der Waals surface area contributed by atoms with Crippen LogP contribution in [0.1, 0.15) is 6.92 Å². The van der Waals surface area contributed by atoms with E-state index in [-0.39, 0.29) is 22.5 Å². The van der Waals surface area contributed by atoms with Crippen molar-refractivity contribution in [2.75, 3.05) is 0 Å². The molecule has 0 heterocycles. The maximum absolute atomic E-state index is 12.0. The van der Waals surface area contributed by atoms with Gasteiger partial charge in [-0.1, -0.05) is 54.6 Å². The van der Waals surface area contributed by atoms with Crippen molar-refractivity contribution in [3.05, 3.63) is 91.0 Å². The van der Waals surface area contributed by atoms with Crippen LogP contribution in [0.15, 0.2) is 91.0 Å². The van der Waals surface area contributed by atoms with Crippen LogP contribution in [0.25, 0.3) is 0 Å². The van der Waals surface area contributed by atoms with E-state index in [9.17, 15) is 4.79 Å². The summed E-state index contributed by atoms with van der Waals surface area (Å²) in [5.74, 6) is -0.269. The molecule has 0 N–H and O–H groups in total. The summed E-state index contributed by atoms with van der Waals surface area (Å²) in [6.07, 6.45) is 0. The molecule has 3 rings (SSSR count). The van der Waals surface area contributed by atoms with E-state index in [1.54, 1.807) is 0 Å². The van der Waals surface area contributed by atoms with Gasteiger partial charge in [-0.05, 0) is 36.4 Å². The molecule has 124 valence electrons. The smallest absolute Gasteiger partial charge is 0.297 e. The van der Waals surface area contributed by atoms with E-state index in [2.05, 4.69) is 0 Å². The van der Waals surface area contributed by atoms with Gasteiger partial charge in [0.25, 0.3) is 7.49 Å². The Bertz CT molecular complexity index is 680. The topological polar surface area (TPSA) is 26.3 Å². The van der Waals surface area contributed by atoms with Crippen molar-refractivity contribution in [2.45, 2.75) is 6.92 Å². The summed E-state index contributed by atoms with van der Waals surface area (Å²) in [4.78, 5) is 12.0. The van der Waals surface area contributed by atoms with Gasteiger partial charge in [0, 0.05) is 23.4 Å². The van der Waals surface area contributed by atoms with Gasteiger partial charge in [0.05, 0.1) is 0 Å². The Balaban J connectivity index is 0.00000208. The van der Waals surface area contributed by atoms with Crippen molar-refractivity contribution < 1.29 is 25.8 Å². The fourth-order valence-electron chi connectivity index (χ4n) is 2.71. The molecule has 0 amide bonds. The Morgan fingerprint density at radius 2 is 0.958 bits per heavy atom. The first-order valence-corrected chi connectivity index (χ1v) is 9.20. The quantitative estimate of drug-likeness (QED) is 0.512. The molecule has 3 aromatic carbocycles. The van der Waals surface area contributed by atoms with Crippen LogP contribution >= 0.6 is 7.49 Å². The predicted octanol–water partition coefficient (Wildman–Crippen LogP) is 3.46. The summed E-state index contributed by atoms with van der Waals surface area (Å²) in [6, 6.07) is 30.1. The van der Waals surface area contributed by atoms with Crippen molar-refractivity contribution >= 4 is 29.4 Å².